The van der Waals surface area contributed by atoms with Gasteiger partial charge in [0.05, 0.1) is 7.11 Å². The van der Waals surface area contributed by atoms with Gasteiger partial charge in [0.25, 0.3) is 0 Å². The molecule has 0 aliphatic carbocycles. The molecule has 6 heteroatoms. The number of rotatable bonds is 3. The van der Waals surface area contributed by atoms with Gasteiger partial charge in [0.2, 0.25) is 0 Å². The van der Waals surface area contributed by atoms with Crippen molar-refractivity contribution in [2.75, 3.05) is 7.11 Å². The van der Waals surface area contributed by atoms with Gasteiger partial charge < -0.3 is 4.74 Å². The number of methoxy groups -OCH3 is 1. The first-order valence-electron chi connectivity index (χ1n) is 5.62. The van der Waals surface area contributed by atoms with E-state index in [1.165, 1.54) is 0 Å². The number of hydrogen-bond acceptors (Lipinski definition) is 3. The van der Waals surface area contributed by atoms with Crippen LogP contribution >= 0.6 is 39.1 Å². The van der Waals surface area contributed by atoms with Crippen molar-refractivity contribution in [2.45, 2.75) is 13.3 Å². The van der Waals surface area contributed by atoms with Crippen LogP contribution in [0.2, 0.25) is 10.3 Å². The van der Waals surface area contributed by atoms with Crippen LogP contribution in [-0.4, -0.2) is 17.1 Å². The van der Waals surface area contributed by atoms with E-state index in [1.54, 1.807) is 7.11 Å². The molecule has 0 saturated heterocycles. The number of aromatic nitrogens is 2. The number of halogens is 3. The second-order valence-corrected chi connectivity index (χ2v) is 5.38. The Hall–Kier alpha value is -0.840. The van der Waals surface area contributed by atoms with Gasteiger partial charge in [0.1, 0.15) is 16.1 Å². The first kappa shape index (κ1) is 14.6. The molecule has 0 aliphatic rings. The summed E-state index contributed by atoms with van der Waals surface area (Å²) in [4.78, 5) is 8.59. The molecule has 0 fully saturated rings. The third kappa shape index (κ3) is 3.02. The van der Waals surface area contributed by atoms with Gasteiger partial charge in [-0.1, -0.05) is 46.1 Å². The fourth-order valence-electron chi connectivity index (χ4n) is 1.65. The van der Waals surface area contributed by atoms with E-state index in [2.05, 4.69) is 25.9 Å². The molecule has 0 atom stereocenters. The zero-order chi connectivity index (χ0) is 14.0. The molecule has 100 valence electrons. The number of hydrogen-bond donors (Lipinski definition) is 0. The monoisotopic (exact) mass is 360 g/mol. The summed E-state index contributed by atoms with van der Waals surface area (Å²) >= 11 is 15.7. The van der Waals surface area contributed by atoms with Gasteiger partial charge in [-0.25, -0.2) is 9.97 Å². The predicted octanol–water partition coefficient (Wildman–Crippen LogP) is 4.78. The zero-order valence-corrected chi connectivity index (χ0v) is 13.5. The molecule has 2 rings (SSSR count). The first-order valence-corrected chi connectivity index (χ1v) is 7.17. The third-order valence-corrected chi connectivity index (χ3v) is 3.99. The molecule has 2 aromatic rings. The average molecular weight is 362 g/mol. The number of nitrogens with zero attached hydrogens (tertiary/aromatic N) is 2. The standard InChI is InChI=1S/C13H11BrCl2N2O/c1-3-8-11(15)17-13(18-12(8)16)9-6-7(19-2)4-5-10(9)14/h4-6H,3H2,1-2H3. The van der Waals surface area contributed by atoms with E-state index in [1.807, 2.05) is 25.1 Å². The Morgan fingerprint density at radius 2 is 1.84 bits per heavy atom. The van der Waals surface area contributed by atoms with Crippen molar-refractivity contribution < 1.29 is 4.74 Å². The van der Waals surface area contributed by atoms with Crippen LogP contribution in [0, 0.1) is 0 Å². The smallest absolute Gasteiger partial charge is 0.163 e. The lowest BCUT2D eigenvalue weighted by atomic mass is 10.2. The molecule has 0 aliphatic heterocycles. The van der Waals surface area contributed by atoms with Crippen LogP contribution in [0.1, 0.15) is 12.5 Å². The van der Waals surface area contributed by atoms with Crippen LogP contribution in [-0.2, 0) is 6.42 Å². The second-order valence-electron chi connectivity index (χ2n) is 3.81. The van der Waals surface area contributed by atoms with Crippen LogP contribution in [0.25, 0.3) is 11.4 Å². The Bertz CT molecular complexity index is 597. The lowest BCUT2D eigenvalue weighted by Gasteiger charge is -2.09. The van der Waals surface area contributed by atoms with E-state index in [0.29, 0.717) is 28.3 Å². The van der Waals surface area contributed by atoms with E-state index in [0.717, 1.165) is 15.6 Å². The van der Waals surface area contributed by atoms with Crippen LogP contribution in [0.15, 0.2) is 22.7 Å². The Morgan fingerprint density at radius 1 is 1.21 bits per heavy atom. The van der Waals surface area contributed by atoms with Crippen LogP contribution in [0.4, 0.5) is 0 Å². The van der Waals surface area contributed by atoms with E-state index in [-0.39, 0.29) is 0 Å². The van der Waals surface area contributed by atoms with Gasteiger partial charge in [-0.05, 0) is 24.6 Å². The predicted molar refractivity (Wildman–Crippen MR) is 81.1 cm³/mol. The van der Waals surface area contributed by atoms with Crippen molar-refractivity contribution >= 4 is 39.1 Å². The molecular weight excluding hydrogens is 351 g/mol. The van der Waals surface area contributed by atoms with E-state index < -0.39 is 0 Å². The van der Waals surface area contributed by atoms with Crippen LogP contribution in [0.5, 0.6) is 5.75 Å². The van der Waals surface area contributed by atoms with Gasteiger partial charge in [0, 0.05) is 15.6 Å². The van der Waals surface area contributed by atoms with Crippen molar-refractivity contribution in [3.63, 3.8) is 0 Å². The molecule has 0 spiro atoms. The summed E-state index contributed by atoms with van der Waals surface area (Å²) in [6.07, 6.45) is 0.692. The Labute approximate surface area is 130 Å². The second kappa shape index (κ2) is 6.07. The van der Waals surface area contributed by atoms with Crippen LogP contribution < -0.4 is 4.74 Å². The minimum atomic E-state index is 0.382. The lowest BCUT2D eigenvalue weighted by molar-refractivity contribution is 0.415. The minimum Gasteiger partial charge on any atom is -0.497 e. The highest BCUT2D eigenvalue weighted by Gasteiger charge is 2.14. The minimum absolute atomic E-state index is 0.382. The van der Waals surface area contributed by atoms with Crippen LogP contribution in [0.3, 0.4) is 0 Å². The maximum Gasteiger partial charge on any atom is 0.163 e. The molecule has 3 nitrogen and oxygen atoms in total. The summed E-state index contributed by atoms with van der Waals surface area (Å²) < 4.78 is 6.05. The average Bonchev–Trinajstić information content (AvgIpc) is 2.39. The quantitative estimate of drug-likeness (QED) is 0.737. The van der Waals surface area contributed by atoms with Crippen molar-refractivity contribution in [2.24, 2.45) is 0 Å². The summed E-state index contributed by atoms with van der Waals surface area (Å²) in [5, 5.41) is 0.763. The fraction of sp³-hybridized carbons (Fsp3) is 0.231. The maximum atomic E-state index is 6.13. The summed E-state index contributed by atoms with van der Waals surface area (Å²) in [6, 6.07) is 5.54. The summed E-state index contributed by atoms with van der Waals surface area (Å²) in [7, 11) is 1.61. The zero-order valence-electron chi connectivity index (χ0n) is 10.4. The highest BCUT2D eigenvalue weighted by Crippen LogP contribution is 2.32. The largest absolute Gasteiger partial charge is 0.497 e. The molecule has 1 aromatic heterocycles. The van der Waals surface area contributed by atoms with Crippen molar-refractivity contribution in [3.8, 4) is 17.1 Å². The Morgan fingerprint density at radius 3 is 2.37 bits per heavy atom. The topological polar surface area (TPSA) is 35.0 Å². The van der Waals surface area contributed by atoms with Crippen molar-refractivity contribution in [1.29, 1.82) is 0 Å². The molecule has 0 amide bonds. The van der Waals surface area contributed by atoms with Gasteiger partial charge in [0.15, 0.2) is 5.82 Å². The van der Waals surface area contributed by atoms with Crippen molar-refractivity contribution in [1.82, 2.24) is 9.97 Å². The first-order chi connectivity index (χ1) is 9.06. The molecule has 19 heavy (non-hydrogen) atoms. The number of benzene rings is 1. The third-order valence-electron chi connectivity index (χ3n) is 2.67. The molecule has 0 N–H and O–H groups in total. The summed E-state index contributed by atoms with van der Waals surface area (Å²) in [5.41, 5.74) is 1.54. The highest BCUT2D eigenvalue weighted by molar-refractivity contribution is 9.10. The van der Waals surface area contributed by atoms with Gasteiger partial charge in [-0.3, -0.25) is 0 Å². The molecule has 0 unspecified atom stereocenters. The summed E-state index contributed by atoms with van der Waals surface area (Å²) in [5.74, 6) is 1.19. The molecule has 0 saturated carbocycles. The fourth-order valence-corrected chi connectivity index (χ4v) is 2.72. The molecule has 0 bridgehead atoms. The highest BCUT2D eigenvalue weighted by atomic mass is 79.9. The summed E-state index contributed by atoms with van der Waals surface area (Å²) in [6.45, 7) is 1.96. The van der Waals surface area contributed by atoms with Gasteiger partial charge in [-0.2, -0.15) is 0 Å². The Balaban J connectivity index is 2.59. The molecule has 1 heterocycles. The van der Waals surface area contributed by atoms with Gasteiger partial charge >= 0.3 is 0 Å². The van der Waals surface area contributed by atoms with E-state index in [9.17, 15) is 0 Å². The Kier molecular flexibility index (Phi) is 4.66. The normalized spacial score (nSPS) is 10.6. The number of ether oxygens (including phenoxy) is 1. The van der Waals surface area contributed by atoms with Crippen molar-refractivity contribution in [3.05, 3.63) is 38.5 Å². The maximum absolute atomic E-state index is 6.13. The van der Waals surface area contributed by atoms with Gasteiger partial charge in [-0.15, -0.1) is 0 Å². The molecular formula is C13H11BrCl2N2O. The van der Waals surface area contributed by atoms with E-state index in [4.69, 9.17) is 27.9 Å². The molecule has 1 aromatic carbocycles. The SMILES string of the molecule is CCc1c(Cl)nc(-c2cc(OC)ccc2Br)nc1Cl. The molecule has 0 radical (unpaired) electrons. The lowest BCUT2D eigenvalue weighted by Crippen LogP contribution is -1.97. The van der Waals surface area contributed by atoms with E-state index >= 15 is 0 Å².